The van der Waals surface area contributed by atoms with Gasteiger partial charge in [0.1, 0.15) is 10.8 Å². The third-order valence-electron chi connectivity index (χ3n) is 3.69. The number of aromatic nitrogens is 1. The molecular formula is C16H20N2OS. The molecule has 1 unspecified atom stereocenters. The van der Waals surface area contributed by atoms with Crippen LogP contribution in [0.3, 0.4) is 0 Å². The lowest BCUT2D eigenvalue weighted by atomic mass is 9.98. The van der Waals surface area contributed by atoms with Crippen molar-refractivity contribution in [3.05, 3.63) is 34.8 Å². The highest BCUT2D eigenvalue weighted by Crippen LogP contribution is 2.37. The topological polar surface area (TPSA) is 34.1 Å². The van der Waals surface area contributed by atoms with E-state index < -0.39 is 0 Å². The van der Waals surface area contributed by atoms with Crippen molar-refractivity contribution in [3.8, 4) is 16.3 Å². The molecule has 0 bridgehead atoms. The van der Waals surface area contributed by atoms with Gasteiger partial charge in [0, 0.05) is 10.4 Å². The van der Waals surface area contributed by atoms with Gasteiger partial charge in [0.2, 0.25) is 0 Å². The maximum absolute atomic E-state index is 5.58. The monoisotopic (exact) mass is 288 g/mol. The van der Waals surface area contributed by atoms with Crippen LogP contribution in [0.1, 0.15) is 36.4 Å². The second-order valence-electron chi connectivity index (χ2n) is 5.02. The summed E-state index contributed by atoms with van der Waals surface area (Å²) in [6.45, 7) is 2.70. The number of ether oxygens (including phenoxy) is 1. The van der Waals surface area contributed by atoms with E-state index in [1.54, 1.807) is 0 Å². The smallest absolute Gasteiger partial charge is 0.124 e. The maximum atomic E-state index is 5.58. The summed E-state index contributed by atoms with van der Waals surface area (Å²) in [5.74, 6) is 0.920. The summed E-state index contributed by atoms with van der Waals surface area (Å²) in [5.41, 5.74) is 2.41. The normalized spacial score (nSPS) is 17.8. The highest BCUT2D eigenvalue weighted by atomic mass is 32.1. The van der Waals surface area contributed by atoms with E-state index >= 15 is 0 Å². The number of rotatable bonds is 4. The Balaban J connectivity index is 1.95. The highest BCUT2D eigenvalue weighted by molar-refractivity contribution is 7.15. The number of hydrogen-bond acceptors (Lipinski definition) is 4. The van der Waals surface area contributed by atoms with Crippen LogP contribution in [-0.2, 0) is 6.42 Å². The molecule has 0 radical (unpaired) electrons. The standard InChI is InChI=1S/C16H20N2OS/c1-3-19-12-7-4-6-11(10-12)16-18-15-13(17-2)8-5-9-14(15)20-16/h4,6-7,10,13,17H,3,5,8-9H2,1-2H3. The second-order valence-corrected chi connectivity index (χ2v) is 6.11. The first-order chi connectivity index (χ1) is 9.81. The van der Waals surface area contributed by atoms with Crippen molar-refractivity contribution < 1.29 is 4.74 Å². The van der Waals surface area contributed by atoms with Gasteiger partial charge >= 0.3 is 0 Å². The van der Waals surface area contributed by atoms with Crippen LogP contribution < -0.4 is 10.1 Å². The van der Waals surface area contributed by atoms with E-state index in [9.17, 15) is 0 Å². The van der Waals surface area contributed by atoms with Gasteiger partial charge in [-0.05, 0) is 45.4 Å². The van der Waals surface area contributed by atoms with Gasteiger partial charge in [0.15, 0.2) is 0 Å². The Kier molecular flexibility index (Phi) is 4.03. The molecule has 4 heteroatoms. The minimum absolute atomic E-state index is 0.416. The van der Waals surface area contributed by atoms with E-state index in [1.165, 1.54) is 23.4 Å². The number of aryl methyl sites for hydroxylation is 1. The van der Waals surface area contributed by atoms with Gasteiger partial charge < -0.3 is 10.1 Å². The number of benzene rings is 1. The first-order valence-corrected chi connectivity index (χ1v) is 8.03. The molecule has 1 atom stereocenters. The second kappa shape index (κ2) is 5.94. The van der Waals surface area contributed by atoms with Crippen molar-refractivity contribution in [1.29, 1.82) is 0 Å². The van der Waals surface area contributed by atoms with Crippen LogP contribution in [0.2, 0.25) is 0 Å². The molecule has 1 N–H and O–H groups in total. The minimum Gasteiger partial charge on any atom is -0.494 e. The first-order valence-electron chi connectivity index (χ1n) is 7.22. The molecule has 3 nitrogen and oxygen atoms in total. The number of hydrogen-bond donors (Lipinski definition) is 1. The molecule has 0 spiro atoms. The van der Waals surface area contributed by atoms with Crippen molar-refractivity contribution in [2.24, 2.45) is 0 Å². The molecule has 106 valence electrons. The zero-order chi connectivity index (χ0) is 13.9. The summed E-state index contributed by atoms with van der Waals surface area (Å²) in [7, 11) is 2.02. The molecule has 0 fully saturated rings. The average Bonchev–Trinajstić information content (AvgIpc) is 2.92. The molecule has 1 aliphatic carbocycles. The third kappa shape index (κ3) is 2.58. The van der Waals surface area contributed by atoms with Crippen molar-refractivity contribution in [2.75, 3.05) is 13.7 Å². The number of nitrogens with zero attached hydrogens (tertiary/aromatic N) is 1. The van der Waals surface area contributed by atoms with Crippen molar-refractivity contribution in [1.82, 2.24) is 10.3 Å². The summed E-state index contributed by atoms with van der Waals surface area (Å²) >= 11 is 1.83. The largest absolute Gasteiger partial charge is 0.494 e. The summed E-state index contributed by atoms with van der Waals surface area (Å²) < 4.78 is 5.58. The molecule has 1 aromatic heterocycles. The van der Waals surface area contributed by atoms with E-state index in [0.29, 0.717) is 12.6 Å². The van der Waals surface area contributed by atoms with Crippen LogP contribution in [0, 0.1) is 0 Å². The molecule has 0 saturated heterocycles. The van der Waals surface area contributed by atoms with E-state index in [2.05, 4.69) is 17.4 Å². The highest BCUT2D eigenvalue weighted by Gasteiger charge is 2.23. The van der Waals surface area contributed by atoms with Crippen LogP contribution in [-0.4, -0.2) is 18.6 Å². The molecular weight excluding hydrogens is 268 g/mol. The lowest BCUT2D eigenvalue weighted by Gasteiger charge is -2.19. The molecule has 1 heterocycles. The maximum Gasteiger partial charge on any atom is 0.124 e. The Morgan fingerprint density at radius 3 is 3.15 bits per heavy atom. The molecule has 0 amide bonds. The van der Waals surface area contributed by atoms with Crippen molar-refractivity contribution in [3.63, 3.8) is 0 Å². The molecule has 0 aliphatic heterocycles. The average molecular weight is 288 g/mol. The third-order valence-corrected chi connectivity index (χ3v) is 4.87. The van der Waals surface area contributed by atoms with E-state index in [-0.39, 0.29) is 0 Å². The lowest BCUT2D eigenvalue weighted by molar-refractivity contribution is 0.340. The Morgan fingerprint density at radius 2 is 2.35 bits per heavy atom. The van der Waals surface area contributed by atoms with Gasteiger partial charge in [-0.1, -0.05) is 12.1 Å². The zero-order valence-corrected chi connectivity index (χ0v) is 12.8. The zero-order valence-electron chi connectivity index (χ0n) is 12.0. The van der Waals surface area contributed by atoms with Crippen molar-refractivity contribution >= 4 is 11.3 Å². The summed E-state index contributed by atoms with van der Waals surface area (Å²) in [6, 6.07) is 8.65. The number of thiazole rings is 1. The summed E-state index contributed by atoms with van der Waals surface area (Å²) in [4.78, 5) is 6.31. The van der Waals surface area contributed by atoms with Crippen LogP contribution in [0.15, 0.2) is 24.3 Å². The quantitative estimate of drug-likeness (QED) is 0.929. The number of fused-ring (bicyclic) bond motifs is 1. The first kappa shape index (κ1) is 13.6. The minimum atomic E-state index is 0.416. The molecule has 3 rings (SSSR count). The Bertz CT molecular complexity index is 594. The Hall–Kier alpha value is -1.39. The summed E-state index contributed by atoms with van der Waals surface area (Å²) in [5, 5.41) is 4.49. The predicted octanol–water partition coefficient (Wildman–Crippen LogP) is 3.81. The fourth-order valence-electron chi connectivity index (χ4n) is 2.71. The van der Waals surface area contributed by atoms with E-state index in [0.717, 1.165) is 22.7 Å². The van der Waals surface area contributed by atoms with Gasteiger partial charge in [-0.3, -0.25) is 0 Å². The SMILES string of the molecule is CCOc1cccc(-c2nc3c(s2)CCCC3NC)c1. The Morgan fingerprint density at radius 1 is 1.45 bits per heavy atom. The summed E-state index contributed by atoms with van der Waals surface area (Å²) in [6.07, 6.45) is 3.60. The van der Waals surface area contributed by atoms with Gasteiger partial charge in [0.25, 0.3) is 0 Å². The van der Waals surface area contributed by atoms with Crippen LogP contribution in [0.25, 0.3) is 10.6 Å². The molecule has 1 aromatic carbocycles. The lowest BCUT2D eigenvalue weighted by Crippen LogP contribution is -2.21. The fraction of sp³-hybridized carbons (Fsp3) is 0.438. The van der Waals surface area contributed by atoms with Crippen LogP contribution >= 0.6 is 11.3 Å². The predicted molar refractivity (Wildman–Crippen MR) is 83.5 cm³/mol. The molecule has 2 aromatic rings. The number of nitrogens with one attached hydrogen (secondary N) is 1. The van der Waals surface area contributed by atoms with Gasteiger partial charge in [-0.2, -0.15) is 0 Å². The van der Waals surface area contributed by atoms with Gasteiger partial charge in [-0.15, -0.1) is 11.3 Å². The fourth-order valence-corrected chi connectivity index (χ4v) is 3.87. The molecule has 1 aliphatic rings. The van der Waals surface area contributed by atoms with E-state index in [1.807, 2.05) is 37.4 Å². The van der Waals surface area contributed by atoms with Crippen molar-refractivity contribution in [2.45, 2.75) is 32.2 Å². The van der Waals surface area contributed by atoms with Gasteiger partial charge in [-0.25, -0.2) is 4.98 Å². The Labute approximate surface area is 124 Å². The van der Waals surface area contributed by atoms with Crippen LogP contribution in [0.5, 0.6) is 5.75 Å². The van der Waals surface area contributed by atoms with Crippen LogP contribution in [0.4, 0.5) is 0 Å². The van der Waals surface area contributed by atoms with Gasteiger partial charge in [0.05, 0.1) is 18.3 Å². The molecule has 20 heavy (non-hydrogen) atoms. The van der Waals surface area contributed by atoms with E-state index in [4.69, 9.17) is 9.72 Å². The molecule has 0 saturated carbocycles.